The first-order valence-electron chi connectivity index (χ1n) is 10.2. The number of nitrogens with one attached hydrogen (secondary N) is 1. The van der Waals surface area contributed by atoms with Gasteiger partial charge in [-0.25, -0.2) is 0 Å². The molecule has 0 bridgehead atoms. The van der Waals surface area contributed by atoms with Crippen LogP contribution < -0.4 is 5.32 Å². The molecule has 1 N–H and O–H groups in total. The van der Waals surface area contributed by atoms with Crippen molar-refractivity contribution in [1.82, 2.24) is 14.8 Å². The molecule has 29 heavy (non-hydrogen) atoms. The van der Waals surface area contributed by atoms with E-state index >= 15 is 0 Å². The van der Waals surface area contributed by atoms with Crippen molar-refractivity contribution in [3.05, 3.63) is 21.8 Å². The van der Waals surface area contributed by atoms with Gasteiger partial charge < -0.3 is 9.88 Å². The number of carbonyl (C=O) groups excluding carboxylic acids is 1. The maximum Gasteiger partial charge on any atom is 0.235 e. The summed E-state index contributed by atoms with van der Waals surface area (Å²) in [6.45, 7) is 11.6. The van der Waals surface area contributed by atoms with Crippen LogP contribution in [-0.2, 0) is 24.2 Å². The Kier molecular flexibility index (Phi) is 6.69. The van der Waals surface area contributed by atoms with Crippen molar-refractivity contribution in [3.63, 3.8) is 0 Å². The van der Waals surface area contributed by atoms with E-state index in [1.54, 1.807) is 11.3 Å². The average Bonchev–Trinajstić information content (AvgIpc) is 3.24. The maximum absolute atomic E-state index is 12.6. The molecule has 0 saturated carbocycles. The molecule has 0 fully saturated rings. The number of thiophene rings is 1. The monoisotopic (exact) mass is 431 g/mol. The number of rotatable bonds is 7. The number of thioether (sulfide) groups is 1. The Labute approximate surface area is 181 Å². The number of amides is 1. The summed E-state index contributed by atoms with van der Waals surface area (Å²) in [6.07, 6.45) is 4.17. The van der Waals surface area contributed by atoms with Crippen LogP contribution in [0, 0.1) is 29.6 Å². The molecule has 2 aromatic heterocycles. The van der Waals surface area contributed by atoms with Crippen LogP contribution in [0.4, 0.5) is 5.00 Å². The standard InChI is InChI=1S/C21H29N5OS2/c1-6-21(4,5)14-8-9-15-16(11-22)19(29-17(15)10-14)23-18(27)12-28-20-25-24-13(3)26(20)7-2/h14H,6-10,12H2,1-5H3,(H,23,27). The zero-order valence-electron chi connectivity index (χ0n) is 17.8. The topological polar surface area (TPSA) is 83.6 Å². The molecule has 1 unspecified atom stereocenters. The van der Waals surface area contributed by atoms with Gasteiger partial charge in [0, 0.05) is 11.4 Å². The third-order valence-corrected chi connectivity index (χ3v) is 8.33. The lowest BCUT2D eigenvalue weighted by molar-refractivity contribution is -0.113. The second-order valence-corrected chi connectivity index (χ2v) is 10.3. The zero-order chi connectivity index (χ0) is 21.2. The van der Waals surface area contributed by atoms with Gasteiger partial charge in [0.25, 0.3) is 0 Å². The lowest BCUT2D eigenvalue weighted by Gasteiger charge is -2.36. The highest BCUT2D eigenvalue weighted by molar-refractivity contribution is 7.99. The molecule has 0 saturated heterocycles. The number of aromatic nitrogens is 3. The average molecular weight is 432 g/mol. The van der Waals surface area contributed by atoms with Crippen molar-refractivity contribution in [2.45, 2.75) is 72.0 Å². The van der Waals surface area contributed by atoms with Gasteiger partial charge >= 0.3 is 0 Å². The van der Waals surface area contributed by atoms with Crippen molar-refractivity contribution >= 4 is 34.0 Å². The quantitative estimate of drug-likeness (QED) is 0.636. The molecule has 0 aliphatic heterocycles. The van der Waals surface area contributed by atoms with Gasteiger partial charge in [-0.05, 0) is 50.0 Å². The number of aryl methyl sites for hydroxylation is 1. The largest absolute Gasteiger partial charge is 0.316 e. The summed E-state index contributed by atoms with van der Waals surface area (Å²) in [7, 11) is 0. The summed E-state index contributed by atoms with van der Waals surface area (Å²) >= 11 is 2.96. The van der Waals surface area contributed by atoms with Gasteiger partial charge in [-0.1, -0.05) is 39.0 Å². The van der Waals surface area contributed by atoms with E-state index in [1.807, 2.05) is 18.4 Å². The number of anilines is 1. The van der Waals surface area contributed by atoms with Gasteiger partial charge in [0.05, 0.1) is 11.3 Å². The summed E-state index contributed by atoms with van der Waals surface area (Å²) in [5.41, 5.74) is 2.09. The Balaban J connectivity index is 1.70. The third kappa shape index (κ3) is 4.51. The predicted molar refractivity (Wildman–Crippen MR) is 118 cm³/mol. The number of hydrogen-bond donors (Lipinski definition) is 1. The van der Waals surface area contributed by atoms with Crippen LogP contribution in [0.5, 0.6) is 0 Å². The van der Waals surface area contributed by atoms with E-state index in [-0.39, 0.29) is 11.7 Å². The molecule has 2 heterocycles. The molecule has 2 aromatic rings. The van der Waals surface area contributed by atoms with Crippen LogP contribution in [0.2, 0.25) is 0 Å². The van der Waals surface area contributed by atoms with E-state index in [1.165, 1.54) is 16.6 Å². The van der Waals surface area contributed by atoms with Crippen LogP contribution in [0.1, 0.15) is 62.4 Å². The molecule has 1 atom stereocenters. The summed E-state index contributed by atoms with van der Waals surface area (Å²) in [6, 6.07) is 2.33. The van der Waals surface area contributed by atoms with E-state index in [2.05, 4.69) is 42.4 Å². The van der Waals surface area contributed by atoms with E-state index in [0.29, 0.717) is 21.9 Å². The number of carbonyl (C=O) groups is 1. The van der Waals surface area contributed by atoms with E-state index in [4.69, 9.17) is 0 Å². The molecule has 0 radical (unpaired) electrons. The second-order valence-electron chi connectivity index (χ2n) is 8.21. The fourth-order valence-corrected chi connectivity index (χ4v) is 6.02. The van der Waals surface area contributed by atoms with Gasteiger partial charge in [0.2, 0.25) is 5.91 Å². The van der Waals surface area contributed by atoms with Crippen molar-refractivity contribution in [2.24, 2.45) is 11.3 Å². The third-order valence-electron chi connectivity index (χ3n) is 6.20. The van der Waals surface area contributed by atoms with Gasteiger partial charge in [0.15, 0.2) is 5.16 Å². The Morgan fingerprint density at radius 3 is 2.83 bits per heavy atom. The molecule has 1 aliphatic rings. The van der Waals surface area contributed by atoms with Crippen molar-refractivity contribution in [1.29, 1.82) is 5.26 Å². The van der Waals surface area contributed by atoms with Crippen LogP contribution >= 0.6 is 23.1 Å². The SMILES string of the molecule is CCn1c(C)nnc1SCC(=O)Nc1sc2c(c1C#N)CCC(C(C)(C)CC)C2. The lowest BCUT2D eigenvalue weighted by Crippen LogP contribution is -2.28. The minimum Gasteiger partial charge on any atom is -0.316 e. The number of fused-ring (bicyclic) bond motifs is 1. The molecule has 1 aliphatic carbocycles. The second kappa shape index (κ2) is 8.88. The number of nitrogens with zero attached hydrogens (tertiary/aromatic N) is 4. The van der Waals surface area contributed by atoms with Gasteiger partial charge in [-0.3, -0.25) is 4.79 Å². The highest BCUT2D eigenvalue weighted by atomic mass is 32.2. The molecular formula is C21H29N5OS2. The normalized spacial score (nSPS) is 16.3. The minimum atomic E-state index is -0.112. The highest BCUT2D eigenvalue weighted by Gasteiger charge is 2.34. The van der Waals surface area contributed by atoms with Crippen molar-refractivity contribution in [3.8, 4) is 6.07 Å². The molecule has 3 rings (SSSR count). The molecule has 6 nitrogen and oxygen atoms in total. The number of hydrogen-bond acceptors (Lipinski definition) is 6. The molecule has 0 spiro atoms. The van der Waals surface area contributed by atoms with Gasteiger partial charge in [0.1, 0.15) is 16.9 Å². The molecule has 156 valence electrons. The Bertz CT molecular complexity index is 938. The van der Waals surface area contributed by atoms with Crippen LogP contribution in [-0.4, -0.2) is 26.4 Å². The number of nitriles is 1. The first-order chi connectivity index (χ1) is 13.8. The minimum absolute atomic E-state index is 0.112. The van der Waals surface area contributed by atoms with E-state index < -0.39 is 0 Å². The first kappa shape index (κ1) is 21.8. The fourth-order valence-electron chi connectivity index (χ4n) is 3.87. The molecule has 1 amide bonds. The smallest absolute Gasteiger partial charge is 0.235 e. The van der Waals surface area contributed by atoms with Crippen LogP contribution in [0.3, 0.4) is 0 Å². The molecular weight excluding hydrogens is 402 g/mol. The Morgan fingerprint density at radius 1 is 1.41 bits per heavy atom. The van der Waals surface area contributed by atoms with Crippen LogP contribution in [0.25, 0.3) is 0 Å². The fraction of sp³-hybridized carbons (Fsp3) is 0.619. The molecule has 8 heteroatoms. The summed E-state index contributed by atoms with van der Waals surface area (Å²) in [4.78, 5) is 13.8. The Morgan fingerprint density at radius 2 is 2.17 bits per heavy atom. The van der Waals surface area contributed by atoms with Gasteiger partial charge in [-0.15, -0.1) is 21.5 Å². The highest BCUT2D eigenvalue weighted by Crippen LogP contribution is 2.45. The molecule has 0 aromatic carbocycles. The van der Waals surface area contributed by atoms with Gasteiger partial charge in [-0.2, -0.15) is 5.26 Å². The van der Waals surface area contributed by atoms with E-state index in [0.717, 1.165) is 48.8 Å². The summed E-state index contributed by atoms with van der Waals surface area (Å²) < 4.78 is 1.98. The van der Waals surface area contributed by atoms with Crippen LogP contribution in [0.15, 0.2) is 5.16 Å². The lowest BCUT2D eigenvalue weighted by atomic mass is 9.69. The van der Waals surface area contributed by atoms with E-state index in [9.17, 15) is 10.1 Å². The Hall–Kier alpha value is -1.85. The zero-order valence-corrected chi connectivity index (χ0v) is 19.5. The van der Waals surface area contributed by atoms with Crippen molar-refractivity contribution in [2.75, 3.05) is 11.1 Å². The predicted octanol–water partition coefficient (Wildman–Crippen LogP) is 4.81. The summed E-state index contributed by atoms with van der Waals surface area (Å²) in [5, 5.41) is 22.3. The first-order valence-corrected chi connectivity index (χ1v) is 12.0. The maximum atomic E-state index is 12.6. The summed E-state index contributed by atoms with van der Waals surface area (Å²) in [5.74, 6) is 1.60. The van der Waals surface area contributed by atoms with Crippen molar-refractivity contribution < 1.29 is 4.79 Å².